The number of rotatable bonds is 57. The molecule has 7 amide bonds. The van der Waals surface area contributed by atoms with Crippen molar-refractivity contribution in [3.05, 3.63) is 0 Å². The number of nitrogens with one attached hydrogen (secondary N) is 3. The van der Waals surface area contributed by atoms with Crippen LogP contribution in [-0.4, -0.2) is 654 Å². The van der Waals surface area contributed by atoms with Crippen LogP contribution in [0.5, 0.6) is 0 Å². The molecule has 4 aliphatic rings. The first-order valence-corrected chi connectivity index (χ1v) is 51.0. The molecule has 853 valence electrons. The van der Waals surface area contributed by atoms with Gasteiger partial charge in [-0.25, -0.2) is 0 Å². The van der Waals surface area contributed by atoms with Gasteiger partial charge in [-0.05, 0) is 37.0 Å². The minimum atomic E-state index is -1.78. The number of carbonyl (C=O) groups excluding carboxylic acids is 10. The van der Waals surface area contributed by atoms with Crippen molar-refractivity contribution in [2.75, 3.05) is 386 Å². The number of hydrogen-bond acceptors (Lipinski definition) is 37. The monoisotopic (exact) mass is 2280 g/mol. The molecule has 0 bridgehead atoms. The summed E-state index contributed by atoms with van der Waals surface area (Å²) in [5, 5.41) is 121. The third-order valence-electron chi connectivity index (χ3n) is 25.6. The third kappa shape index (κ3) is 61.4. The summed E-state index contributed by atoms with van der Waals surface area (Å²) < 4.78 is 0. The number of nitrogens with zero attached hydrogens (tertiary/aromatic N) is 20. The van der Waals surface area contributed by atoms with Crippen LogP contribution in [0.25, 0.3) is 0 Å². The zero-order valence-electron chi connectivity index (χ0n) is 88.8. The summed E-state index contributed by atoms with van der Waals surface area (Å²) in [5.41, 5.74) is -1.78. The molecule has 54 nitrogen and oxygen atoms in total. The maximum Gasteiger partial charge on any atom is 3.00 e. The first kappa shape index (κ1) is 135. The van der Waals surface area contributed by atoms with Gasteiger partial charge in [0.1, 0.15) is 5.78 Å². The van der Waals surface area contributed by atoms with Crippen LogP contribution in [0.3, 0.4) is 0 Å². The molecular weight excluding hydrogens is 2120 g/mol. The van der Waals surface area contributed by atoms with Crippen molar-refractivity contribution >= 4 is 119 Å². The van der Waals surface area contributed by atoms with Crippen molar-refractivity contribution in [2.24, 2.45) is 29.1 Å². The molecule has 0 aromatic heterocycles. The molecule has 4 rings (SSSR count). The first-order chi connectivity index (χ1) is 70.1. The van der Waals surface area contributed by atoms with Crippen molar-refractivity contribution in [1.82, 2.24) is 114 Å². The molecule has 4 aliphatic heterocycles. The molecule has 13 N–H and O–H groups in total. The molecule has 4 fully saturated rings. The van der Waals surface area contributed by atoms with E-state index >= 15 is 38.4 Å². The summed E-state index contributed by atoms with van der Waals surface area (Å²) in [6, 6.07) is 0. The molecule has 0 atom stereocenters. The Morgan fingerprint density at radius 1 is 0.240 bits per heavy atom. The summed E-state index contributed by atoms with van der Waals surface area (Å²) in [5.74, 6) is -20.3. The van der Waals surface area contributed by atoms with Crippen LogP contribution in [-0.2, 0) is 95.9 Å². The van der Waals surface area contributed by atoms with Gasteiger partial charge in [0, 0.05) is 274 Å². The van der Waals surface area contributed by atoms with E-state index in [0.717, 1.165) is 0 Å². The number of aliphatic carboxylic acids is 11. The van der Waals surface area contributed by atoms with E-state index in [0.29, 0.717) is 0 Å². The van der Waals surface area contributed by atoms with E-state index < -0.39 is 268 Å². The molecule has 0 aromatic carbocycles. The number of carbonyl (C=O) groups is 20. The maximum absolute atomic E-state index is 15.4. The molecule has 55 heteroatoms. The normalized spacial score (nSPS) is 17.9. The largest absolute Gasteiger partial charge is 3.00 e. The predicted octanol–water partition coefficient (Wildman–Crippen LogP) is -9.32. The van der Waals surface area contributed by atoms with E-state index in [1.807, 2.05) is 4.90 Å². The molecule has 0 spiro atoms. The average molecular weight is 2280 g/mol. The molecule has 0 saturated carbocycles. The number of hydrogen-bond donors (Lipinski definition) is 13. The molecule has 4 heterocycles. The Morgan fingerprint density at radius 3 is 0.533 bits per heavy atom. The summed E-state index contributed by atoms with van der Waals surface area (Å²) in [4.78, 5) is 300. The number of ketones is 2. The van der Waals surface area contributed by atoms with Gasteiger partial charge in [-0.2, -0.15) is 0 Å². The molecule has 0 aromatic rings. The minimum Gasteiger partial charge on any atom is -0.549 e. The van der Waals surface area contributed by atoms with Gasteiger partial charge in [0.25, 0.3) is 0 Å². The standard InChI is InChI=1S/C95H167N23O31.Gd/c1-71(2)44-115(80(124)53-100-14-26-106(59-86(132)133)32-38-112(65-92(144)145)39-33-107(27-15-100)60-87(134)135)49-76(120)10-11-95(68-96-77(121)50-116(45-72(3)4)81(125)54-101-16-24-104(57-84(128)129)22-12-99(48-75(9)119)13-23-105(25-17-101)58-85(130)131,69-97-78(122)51-117(46-73(5)6)82(126)55-102-18-28-108(61-88(136)137)34-40-113(66-93(146)147)41-35-109(29-19-102)62-89(138)139)70-98-79(123)52-118(47-74(7)8)83(127)56-103-20-30-110(63-90(140)141)36-42-114(67-94(148)149)43-37-111(31-21-103)64-91(142)143;/h71-74H,10-70H2,1-9H3,(H,96,121)(H,97,122)(H,98,123)(H,128,129)(H,130,131)(H,132,133)(H,134,135)(H,136,137)(H,138,139)(H,140,141)(H,142,143)(H,144,145)(H,146,147)(H,148,149);/q;+3/p-1. The van der Waals surface area contributed by atoms with E-state index in [4.69, 9.17) is 0 Å². The van der Waals surface area contributed by atoms with Gasteiger partial charge in [0.15, 0.2) is 5.78 Å². The number of carboxylic acid groups (broad SMARTS) is 11. The van der Waals surface area contributed by atoms with Crippen LogP contribution in [0, 0.1) is 69.0 Å². The fraction of sp³-hybridized carbons (Fsp3) is 0.789. The Morgan fingerprint density at radius 2 is 0.387 bits per heavy atom. The molecule has 4 saturated heterocycles. The molecule has 150 heavy (non-hydrogen) atoms. The van der Waals surface area contributed by atoms with E-state index in [-0.39, 0.29) is 318 Å². The first-order valence-electron chi connectivity index (χ1n) is 51.0. The van der Waals surface area contributed by atoms with E-state index in [1.54, 1.807) is 124 Å². The SMILES string of the molecule is CC(=O)CN1CCN(CC(=O)O)CCN(CC(=O)N(CC(=O)NCC(CCC(=O)CN(CC(C)C)C(=O)CN2CCN(CC(=O)[O-])CCN(CC(=O)O)CCN(CC(=O)O)CC2)(CNC(=O)CN(CC(C)C)C(=O)CN2CCN(CC(=O)O)CCN(CC(=O)O)CCN(CC(=O)O)CC2)CNC(=O)CN(CC(C)C)C(=O)CN2CCN(CC(=O)O)CCN(CC(=O)O)CCN(CC(=O)O)CC2)CC(C)C)CCN(CC(=O)O)CC1.[Gd+3]. The van der Waals surface area contributed by atoms with Gasteiger partial charge >= 0.3 is 99.6 Å². The predicted molar refractivity (Wildman–Crippen MR) is 536 cm³/mol. The Bertz CT molecular complexity index is 3670. The Kier molecular flexibility index (Phi) is 64.8. The van der Waals surface area contributed by atoms with Crippen LogP contribution in [0.15, 0.2) is 0 Å². The fourth-order valence-electron chi connectivity index (χ4n) is 17.9. The van der Waals surface area contributed by atoms with Crippen LogP contribution in [0.4, 0.5) is 0 Å². The van der Waals surface area contributed by atoms with Gasteiger partial charge in [-0.1, -0.05) is 55.4 Å². The average Bonchev–Trinajstić information content (AvgIpc) is 0.836. The summed E-state index contributed by atoms with van der Waals surface area (Å²) >= 11 is 0. The quantitative estimate of drug-likeness (QED) is 0.0269. The van der Waals surface area contributed by atoms with Crippen molar-refractivity contribution < 1.29 is 192 Å². The second-order valence-corrected chi connectivity index (χ2v) is 41.0. The topological polar surface area (TPSA) is 668 Å². The smallest absolute Gasteiger partial charge is 0.549 e. The second kappa shape index (κ2) is 72.2. The van der Waals surface area contributed by atoms with Crippen LogP contribution >= 0.6 is 0 Å². The van der Waals surface area contributed by atoms with E-state index in [9.17, 15) is 114 Å². The molecule has 0 aliphatic carbocycles. The Balaban J connectivity index is 0.0000578. The van der Waals surface area contributed by atoms with Gasteiger partial charge in [0.05, 0.1) is 130 Å². The molecular formula is C95H166GdN23O31+2. The molecule has 1 radical (unpaired) electrons. The van der Waals surface area contributed by atoms with Crippen LogP contribution in [0.1, 0.15) is 75.2 Å². The van der Waals surface area contributed by atoms with Gasteiger partial charge in [-0.3, -0.25) is 169 Å². The minimum absolute atomic E-state index is 0. The van der Waals surface area contributed by atoms with Crippen molar-refractivity contribution in [2.45, 2.75) is 75.2 Å². The van der Waals surface area contributed by atoms with E-state index in [1.165, 1.54) is 31.4 Å². The Hall–Kier alpha value is -9.52. The third-order valence-corrected chi connectivity index (χ3v) is 25.6. The van der Waals surface area contributed by atoms with Gasteiger partial charge < -0.3 is 96.5 Å². The summed E-state index contributed by atoms with van der Waals surface area (Å²) in [7, 11) is 0. The maximum atomic E-state index is 15.4. The number of amides is 7. The fourth-order valence-corrected chi connectivity index (χ4v) is 17.9. The summed E-state index contributed by atoms with van der Waals surface area (Å²) in [6.45, 7) is 6.45. The summed E-state index contributed by atoms with van der Waals surface area (Å²) in [6.07, 6.45) is -0.911. The second-order valence-electron chi connectivity index (χ2n) is 41.0. The number of carboxylic acids is 11. The van der Waals surface area contributed by atoms with Crippen LogP contribution < -0.4 is 21.1 Å². The van der Waals surface area contributed by atoms with Gasteiger partial charge in [-0.15, -0.1) is 0 Å². The number of Topliss-reactive ketones (excluding diaryl/α,β-unsaturated/α-hetero) is 2. The zero-order chi connectivity index (χ0) is 111. The Labute approximate surface area is 909 Å². The zero-order valence-corrected chi connectivity index (χ0v) is 91.1. The van der Waals surface area contributed by atoms with Crippen molar-refractivity contribution in [1.29, 1.82) is 0 Å². The van der Waals surface area contributed by atoms with Crippen molar-refractivity contribution in [3.8, 4) is 0 Å². The van der Waals surface area contributed by atoms with Crippen molar-refractivity contribution in [3.63, 3.8) is 0 Å². The van der Waals surface area contributed by atoms with Gasteiger partial charge in [0.2, 0.25) is 41.4 Å². The van der Waals surface area contributed by atoms with Crippen LogP contribution in [0.2, 0.25) is 0 Å². The molecule has 0 unspecified atom stereocenters. The van der Waals surface area contributed by atoms with E-state index in [2.05, 4.69) is 16.0 Å².